The Hall–Kier alpha value is -1.00. The van der Waals surface area contributed by atoms with Gasteiger partial charge in [0.05, 0.1) is 12.7 Å². The van der Waals surface area contributed by atoms with Gasteiger partial charge in [-0.2, -0.15) is 0 Å². The number of hydrogen-bond donors (Lipinski definition) is 1. The van der Waals surface area contributed by atoms with Gasteiger partial charge in [0, 0.05) is 10.8 Å². The van der Waals surface area contributed by atoms with Crippen molar-refractivity contribution in [1.82, 2.24) is 4.72 Å². The molecule has 0 heterocycles. The minimum absolute atomic E-state index is 0.180. The van der Waals surface area contributed by atoms with E-state index in [4.69, 9.17) is 4.74 Å². The van der Waals surface area contributed by atoms with Crippen LogP contribution in [-0.4, -0.2) is 17.8 Å². The van der Waals surface area contributed by atoms with E-state index in [-0.39, 0.29) is 16.8 Å². The summed E-state index contributed by atoms with van der Waals surface area (Å²) >= 11 is 1.73. The fourth-order valence-electron chi connectivity index (χ4n) is 1.60. The molecule has 0 aliphatic heterocycles. The zero-order valence-corrected chi connectivity index (χ0v) is 13.1. The van der Waals surface area contributed by atoms with Crippen LogP contribution in [0.3, 0.4) is 0 Å². The summed E-state index contributed by atoms with van der Waals surface area (Å²) in [6.07, 6.45) is 1.00. The molecule has 1 unspecified atom stereocenters. The maximum absolute atomic E-state index is 11.4. The zero-order chi connectivity index (χ0) is 14.5. The molecule has 1 rings (SSSR count). The highest BCUT2D eigenvalue weighted by Gasteiger charge is 2.16. The van der Waals surface area contributed by atoms with Crippen LogP contribution in [0.1, 0.15) is 56.1 Å². The van der Waals surface area contributed by atoms with Crippen LogP contribution in [0.15, 0.2) is 24.3 Å². The van der Waals surface area contributed by atoms with Gasteiger partial charge < -0.3 is 4.74 Å². The molecule has 0 aliphatic carbocycles. The standard InChI is InChI=1S/C15H23NO2S/c1-6-13(16-19-15(2,3)4)11-7-9-12(10-8-11)14(17)18-5/h7-10,13,16H,6H2,1-5H3. The van der Waals surface area contributed by atoms with Crippen LogP contribution in [-0.2, 0) is 4.74 Å². The quantitative estimate of drug-likeness (QED) is 0.655. The first-order chi connectivity index (χ1) is 8.87. The van der Waals surface area contributed by atoms with Gasteiger partial charge in [0.15, 0.2) is 0 Å². The average Bonchev–Trinajstić information content (AvgIpc) is 2.38. The van der Waals surface area contributed by atoms with Crippen LogP contribution in [0.5, 0.6) is 0 Å². The average molecular weight is 281 g/mol. The molecule has 0 amide bonds. The van der Waals surface area contributed by atoms with Crippen molar-refractivity contribution in [1.29, 1.82) is 0 Å². The number of carbonyl (C=O) groups excluding carboxylic acids is 1. The highest BCUT2D eigenvalue weighted by atomic mass is 32.2. The van der Waals surface area contributed by atoms with Crippen molar-refractivity contribution >= 4 is 17.9 Å². The summed E-state index contributed by atoms with van der Waals surface area (Å²) in [7, 11) is 1.40. The van der Waals surface area contributed by atoms with E-state index in [0.717, 1.165) is 6.42 Å². The van der Waals surface area contributed by atoms with Gasteiger partial charge in [-0.15, -0.1) is 0 Å². The van der Waals surface area contributed by atoms with Crippen LogP contribution in [0, 0.1) is 0 Å². The Kier molecular flexibility index (Phi) is 5.88. The van der Waals surface area contributed by atoms with Crippen molar-refractivity contribution in [2.75, 3.05) is 7.11 Å². The third-order valence-corrected chi connectivity index (χ3v) is 3.66. The van der Waals surface area contributed by atoms with E-state index < -0.39 is 0 Å². The molecular weight excluding hydrogens is 258 g/mol. The van der Waals surface area contributed by atoms with Crippen LogP contribution < -0.4 is 4.72 Å². The molecule has 0 spiro atoms. The lowest BCUT2D eigenvalue weighted by atomic mass is 10.0. The predicted octanol–water partition coefficient (Wildman–Crippen LogP) is 3.96. The maximum atomic E-state index is 11.4. The van der Waals surface area contributed by atoms with E-state index in [1.807, 2.05) is 24.3 Å². The Labute approximate surface area is 120 Å². The molecule has 0 saturated carbocycles. The number of methoxy groups -OCH3 is 1. The van der Waals surface area contributed by atoms with Gasteiger partial charge in [-0.05, 0) is 44.9 Å². The van der Waals surface area contributed by atoms with Crippen molar-refractivity contribution in [2.45, 2.75) is 44.9 Å². The number of rotatable bonds is 5. The van der Waals surface area contributed by atoms with Crippen molar-refractivity contribution in [3.05, 3.63) is 35.4 Å². The summed E-state index contributed by atoms with van der Waals surface area (Å²) in [6, 6.07) is 7.88. The van der Waals surface area contributed by atoms with Gasteiger partial charge in [-0.3, -0.25) is 4.72 Å². The number of esters is 1. The minimum Gasteiger partial charge on any atom is -0.465 e. The lowest BCUT2D eigenvalue weighted by Gasteiger charge is -2.23. The first kappa shape index (κ1) is 16.1. The molecule has 3 nitrogen and oxygen atoms in total. The molecule has 1 N–H and O–H groups in total. The molecule has 1 aromatic carbocycles. The molecule has 106 valence electrons. The van der Waals surface area contributed by atoms with E-state index in [9.17, 15) is 4.79 Å². The van der Waals surface area contributed by atoms with Crippen molar-refractivity contribution in [2.24, 2.45) is 0 Å². The van der Waals surface area contributed by atoms with Gasteiger partial charge in [0.25, 0.3) is 0 Å². The van der Waals surface area contributed by atoms with E-state index in [1.165, 1.54) is 12.7 Å². The number of benzene rings is 1. The number of carbonyl (C=O) groups is 1. The third kappa shape index (κ3) is 5.25. The Balaban J connectivity index is 2.74. The summed E-state index contributed by atoms with van der Waals surface area (Å²) in [6.45, 7) is 8.68. The molecule has 0 aromatic heterocycles. The van der Waals surface area contributed by atoms with Gasteiger partial charge in [-0.1, -0.05) is 31.0 Å². The smallest absolute Gasteiger partial charge is 0.337 e. The second kappa shape index (κ2) is 6.96. The van der Waals surface area contributed by atoms with Crippen LogP contribution in [0.4, 0.5) is 0 Å². The Morgan fingerprint density at radius 1 is 1.32 bits per heavy atom. The largest absolute Gasteiger partial charge is 0.465 e. The van der Waals surface area contributed by atoms with E-state index in [2.05, 4.69) is 32.4 Å². The summed E-state index contributed by atoms with van der Waals surface area (Å²) in [5, 5.41) is 0. The van der Waals surface area contributed by atoms with Gasteiger partial charge in [-0.25, -0.2) is 4.79 Å². The summed E-state index contributed by atoms with van der Waals surface area (Å²) in [4.78, 5) is 11.4. The zero-order valence-electron chi connectivity index (χ0n) is 12.3. The molecule has 1 atom stereocenters. The molecule has 0 bridgehead atoms. The fraction of sp³-hybridized carbons (Fsp3) is 0.533. The summed E-state index contributed by atoms with van der Waals surface area (Å²) < 4.78 is 8.37. The second-order valence-corrected chi connectivity index (χ2v) is 7.07. The molecule has 0 radical (unpaired) electrons. The normalized spacial score (nSPS) is 13.1. The lowest BCUT2D eigenvalue weighted by Crippen LogP contribution is -2.21. The molecule has 4 heteroatoms. The Morgan fingerprint density at radius 2 is 1.89 bits per heavy atom. The monoisotopic (exact) mass is 281 g/mol. The van der Waals surface area contributed by atoms with Crippen molar-refractivity contribution in [3.8, 4) is 0 Å². The molecule has 19 heavy (non-hydrogen) atoms. The number of hydrogen-bond acceptors (Lipinski definition) is 4. The highest BCUT2D eigenvalue weighted by molar-refractivity contribution is 7.98. The number of ether oxygens (including phenoxy) is 1. The maximum Gasteiger partial charge on any atom is 0.337 e. The van der Waals surface area contributed by atoms with Crippen LogP contribution in [0.2, 0.25) is 0 Å². The predicted molar refractivity (Wildman–Crippen MR) is 81.3 cm³/mol. The molecular formula is C15H23NO2S. The number of nitrogens with one attached hydrogen (secondary N) is 1. The van der Waals surface area contributed by atoms with E-state index in [0.29, 0.717) is 5.56 Å². The minimum atomic E-state index is -0.295. The topological polar surface area (TPSA) is 38.3 Å². The van der Waals surface area contributed by atoms with Crippen LogP contribution in [0.25, 0.3) is 0 Å². The molecule has 0 fully saturated rings. The summed E-state index contributed by atoms with van der Waals surface area (Å²) in [5.41, 5.74) is 1.77. The first-order valence-corrected chi connectivity index (χ1v) is 7.31. The van der Waals surface area contributed by atoms with Crippen molar-refractivity contribution < 1.29 is 9.53 Å². The Bertz CT molecular complexity index is 409. The molecule has 0 saturated heterocycles. The summed E-state index contributed by atoms with van der Waals surface area (Å²) in [5.74, 6) is -0.295. The first-order valence-electron chi connectivity index (χ1n) is 6.49. The van der Waals surface area contributed by atoms with E-state index >= 15 is 0 Å². The van der Waals surface area contributed by atoms with Crippen LogP contribution >= 0.6 is 11.9 Å². The molecule has 0 aliphatic rings. The van der Waals surface area contributed by atoms with E-state index in [1.54, 1.807) is 11.9 Å². The third-order valence-electron chi connectivity index (χ3n) is 2.65. The highest BCUT2D eigenvalue weighted by Crippen LogP contribution is 2.26. The van der Waals surface area contributed by atoms with Gasteiger partial charge >= 0.3 is 5.97 Å². The van der Waals surface area contributed by atoms with Gasteiger partial charge in [0.2, 0.25) is 0 Å². The van der Waals surface area contributed by atoms with Gasteiger partial charge in [0.1, 0.15) is 0 Å². The lowest BCUT2D eigenvalue weighted by molar-refractivity contribution is 0.0600. The fourth-order valence-corrected chi connectivity index (χ4v) is 2.40. The SMILES string of the molecule is CCC(NSC(C)(C)C)c1ccc(C(=O)OC)cc1. The Morgan fingerprint density at radius 3 is 2.32 bits per heavy atom. The van der Waals surface area contributed by atoms with Crippen molar-refractivity contribution in [3.63, 3.8) is 0 Å². The second-order valence-electron chi connectivity index (χ2n) is 5.41. The molecule has 1 aromatic rings.